The van der Waals surface area contributed by atoms with Crippen LogP contribution in [0.25, 0.3) is 0 Å². The van der Waals surface area contributed by atoms with Gasteiger partial charge >= 0.3 is 0 Å². The van der Waals surface area contributed by atoms with E-state index in [2.05, 4.69) is 89.5 Å². The van der Waals surface area contributed by atoms with Gasteiger partial charge in [-0.1, -0.05) is 72.8 Å². The summed E-state index contributed by atoms with van der Waals surface area (Å²) in [5, 5.41) is 10.6. The van der Waals surface area contributed by atoms with Crippen LogP contribution in [-0.4, -0.2) is 60.3 Å². The molecule has 3 aromatic carbocycles. The second-order valence-electron chi connectivity index (χ2n) is 8.79. The molecule has 1 atom stereocenters. The van der Waals surface area contributed by atoms with E-state index in [0.717, 1.165) is 37.5 Å². The highest BCUT2D eigenvalue weighted by Gasteiger charge is 2.27. The molecule has 1 aliphatic rings. The lowest BCUT2D eigenvalue weighted by Crippen LogP contribution is -2.50. The summed E-state index contributed by atoms with van der Waals surface area (Å²) >= 11 is 0. The third-order valence-corrected chi connectivity index (χ3v) is 6.25. The maximum Gasteiger partial charge on any atom is 0.122 e. The van der Waals surface area contributed by atoms with Gasteiger partial charge in [-0.3, -0.25) is 9.80 Å². The molecule has 168 valence electrons. The first kappa shape index (κ1) is 22.5. The van der Waals surface area contributed by atoms with Crippen molar-refractivity contribution in [2.45, 2.75) is 26.0 Å². The minimum absolute atomic E-state index is 0.261. The van der Waals surface area contributed by atoms with Crippen LogP contribution in [-0.2, 0) is 0 Å². The van der Waals surface area contributed by atoms with Gasteiger partial charge in [0.05, 0.1) is 6.04 Å². The summed E-state index contributed by atoms with van der Waals surface area (Å²) in [6, 6.07) is 27.9. The number of hydrogen-bond donors (Lipinski definition) is 1. The molecule has 0 unspecified atom stereocenters. The molecule has 1 heterocycles. The topological polar surface area (TPSA) is 35.9 Å². The van der Waals surface area contributed by atoms with E-state index in [1.807, 2.05) is 13.0 Å². The summed E-state index contributed by atoms with van der Waals surface area (Å²) in [4.78, 5) is 4.90. The third-order valence-electron chi connectivity index (χ3n) is 6.25. The summed E-state index contributed by atoms with van der Waals surface area (Å²) in [6.45, 7) is 8.88. The first-order chi connectivity index (χ1) is 15.6. The van der Waals surface area contributed by atoms with Crippen LogP contribution in [0.4, 0.5) is 0 Å². The molecule has 0 saturated carbocycles. The number of aliphatic hydroxyl groups is 1. The van der Waals surface area contributed by atoms with Crippen LogP contribution in [0.3, 0.4) is 0 Å². The van der Waals surface area contributed by atoms with Crippen molar-refractivity contribution in [3.8, 4) is 5.75 Å². The fourth-order valence-corrected chi connectivity index (χ4v) is 4.49. The predicted molar refractivity (Wildman–Crippen MR) is 130 cm³/mol. The number of nitrogens with zero attached hydrogens (tertiary/aromatic N) is 2. The Morgan fingerprint density at radius 2 is 1.41 bits per heavy atom. The molecule has 1 saturated heterocycles. The number of rotatable bonds is 8. The van der Waals surface area contributed by atoms with Crippen molar-refractivity contribution in [3.63, 3.8) is 0 Å². The molecular formula is C28H34N2O2. The summed E-state index contributed by atoms with van der Waals surface area (Å²) in [7, 11) is 0. The molecule has 1 fully saturated rings. The van der Waals surface area contributed by atoms with Gasteiger partial charge in [-0.25, -0.2) is 0 Å². The Labute approximate surface area is 192 Å². The summed E-state index contributed by atoms with van der Waals surface area (Å²) < 4.78 is 5.91. The molecule has 32 heavy (non-hydrogen) atoms. The van der Waals surface area contributed by atoms with Crippen molar-refractivity contribution >= 4 is 0 Å². The first-order valence-electron chi connectivity index (χ1n) is 11.5. The fraction of sp³-hybridized carbons (Fsp3) is 0.357. The molecule has 1 N–H and O–H groups in total. The van der Waals surface area contributed by atoms with E-state index >= 15 is 0 Å². The van der Waals surface area contributed by atoms with E-state index in [0.29, 0.717) is 13.2 Å². The number of hydrogen-bond acceptors (Lipinski definition) is 4. The number of aryl methyl sites for hydroxylation is 2. The molecule has 3 aromatic rings. The Morgan fingerprint density at radius 3 is 2.00 bits per heavy atom. The number of β-amino-alcohol motifs (C(OH)–C–C–N with tert-alkyl or cyclic N) is 1. The first-order valence-corrected chi connectivity index (χ1v) is 11.5. The zero-order valence-corrected chi connectivity index (χ0v) is 19.2. The van der Waals surface area contributed by atoms with E-state index in [9.17, 15) is 5.11 Å². The lowest BCUT2D eigenvalue weighted by Gasteiger charge is -2.40. The number of ether oxygens (including phenoxy) is 1. The van der Waals surface area contributed by atoms with Crippen LogP contribution >= 0.6 is 0 Å². The molecule has 0 spiro atoms. The highest BCUT2D eigenvalue weighted by molar-refractivity contribution is 5.36. The summed E-state index contributed by atoms with van der Waals surface area (Å²) in [6.07, 6.45) is -0.500. The smallest absolute Gasteiger partial charge is 0.122 e. The molecule has 0 aliphatic carbocycles. The maximum absolute atomic E-state index is 10.6. The molecule has 0 bridgehead atoms. The van der Waals surface area contributed by atoms with Gasteiger partial charge in [-0.15, -0.1) is 0 Å². The van der Waals surface area contributed by atoms with E-state index in [-0.39, 0.29) is 6.04 Å². The van der Waals surface area contributed by atoms with Gasteiger partial charge in [0.1, 0.15) is 18.5 Å². The van der Waals surface area contributed by atoms with Crippen molar-refractivity contribution in [1.82, 2.24) is 9.80 Å². The van der Waals surface area contributed by atoms with Crippen molar-refractivity contribution in [2.24, 2.45) is 0 Å². The van der Waals surface area contributed by atoms with Crippen LogP contribution in [0.2, 0.25) is 0 Å². The van der Waals surface area contributed by atoms with Crippen molar-refractivity contribution in [3.05, 3.63) is 101 Å². The lowest BCUT2D eigenvalue weighted by molar-refractivity contribution is 0.0399. The largest absolute Gasteiger partial charge is 0.491 e. The van der Waals surface area contributed by atoms with Crippen LogP contribution in [0, 0.1) is 13.8 Å². The zero-order valence-electron chi connectivity index (χ0n) is 19.2. The van der Waals surface area contributed by atoms with Gasteiger partial charge in [0.15, 0.2) is 0 Å². The Morgan fingerprint density at radius 1 is 0.812 bits per heavy atom. The van der Waals surface area contributed by atoms with E-state index in [1.165, 1.54) is 16.7 Å². The lowest BCUT2D eigenvalue weighted by atomic mass is 9.96. The Kier molecular flexibility index (Phi) is 7.59. The Bertz CT molecular complexity index is 930. The molecule has 0 radical (unpaired) electrons. The highest BCUT2D eigenvalue weighted by atomic mass is 16.5. The van der Waals surface area contributed by atoms with E-state index in [1.54, 1.807) is 0 Å². The second kappa shape index (κ2) is 10.8. The number of piperazine rings is 1. The van der Waals surface area contributed by atoms with Gasteiger partial charge < -0.3 is 9.84 Å². The SMILES string of the molecule is Cc1ccc(C)c(OC[C@@H](O)CN2CCN(C(c3ccccc3)c3ccccc3)CC2)c1. The second-order valence-corrected chi connectivity index (χ2v) is 8.79. The van der Waals surface area contributed by atoms with Gasteiger partial charge in [0.25, 0.3) is 0 Å². The average Bonchev–Trinajstić information content (AvgIpc) is 2.82. The average molecular weight is 431 g/mol. The van der Waals surface area contributed by atoms with Crippen molar-refractivity contribution in [2.75, 3.05) is 39.3 Å². The minimum atomic E-state index is -0.500. The number of benzene rings is 3. The molecule has 4 nitrogen and oxygen atoms in total. The standard InChI is InChI=1S/C28H34N2O2/c1-22-13-14-23(2)27(19-22)32-21-26(31)20-29-15-17-30(18-16-29)28(24-9-5-3-6-10-24)25-11-7-4-8-12-25/h3-14,19,26,28,31H,15-18,20-21H2,1-2H3/t26-/m0/s1. The Balaban J connectivity index is 1.33. The van der Waals surface area contributed by atoms with Crippen LogP contribution in [0.1, 0.15) is 28.3 Å². The van der Waals surface area contributed by atoms with Crippen molar-refractivity contribution < 1.29 is 9.84 Å². The van der Waals surface area contributed by atoms with Crippen LogP contribution < -0.4 is 4.74 Å². The summed E-state index contributed by atoms with van der Waals surface area (Å²) in [5.41, 5.74) is 4.93. The molecular weight excluding hydrogens is 396 g/mol. The molecule has 4 rings (SSSR count). The van der Waals surface area contributed by atoms with Crippen molar-refractivity contribution in [1.29, 1.82) is 0 Å². The summed E-state index contributed by atoms with van der Waals surface area (Å²) in [5.74, 6) is 0.863. The highest BCUT2D eigenvalue weighted by Crippen LogP contribution is 2.29. The van der Waals surface area contributed by atoms with Gasteiger partial charge in [0, 0.05) is 32.7 Å². The zero-order chi connectivity index (χ0) is 22.3. The molecule has 4 heteroatoms. The van der Waals surface area contributed by atoms with E-state index < -0.39 is 6.10 Å². The minimum Gasteiger partial charge on any atom is -0.491 e. The van der Waals surface area contributed by atoms with Crippen LogP contribution in [0.5, 0.6) is 5.75 Å². The fourth-order valence-electron chi connectivity index (χ4n) is 4.49. The monoisotopic (exact) mass is 430 g/mol. The molecule has 1 aliphatic heterocycles. The van der Waals surface area contributed by atoms with Gasteiger partial charge in [0.2, 0.25) is 0 Å². The molecule has 0 aromatic heterocycles. The van der Waals surface area contributed by atoms with E-state index in [4.69, 9.17) is 4.74 Å². The quantitative estimate of drug-likeness (QED) is 0.573. The predicted octanol–water partition coefficient (Wildman–Crippen LogP) is 4.45. The number of aliphatic hydroxyl groups excluding tert-OH is 1. The van der Waals surface area contributed by atoms with Crippen LogP contribution in [0.15, 0.2) is 78.9 Å². The Hall–Kier alpha value is -2.66. The molecule has 0 amide bonds. The van der Waals surface area contributed by atoms with Gasteiger partial charge in [-0.05, 0) is 42.2 Å². The third kappa shape index (κ3) is 5.77. The normalized spacial score (nSPS) is 16.2. The maximum atomic E-state index is 10.6. The van der Waals surface area contributed by atoms with Gasteiger partial charge in [-0.2, -0.15) is 0 Å².